The molecular formula is C18H18ClN3. The Bertz CT molecular complexity index is 748. The van der Waals surface area contributed by atoms with Gasteiger partial charge in [0.05, 0.1) is 17.9 Å². The van der Waals surface area contributed by atoms with Crippen LogP contribution >= 0.6 is 11.6 Å². The lowest BCUT2D eigenvalue weighted by Crippen LogP contribution is -2.18. The first-order valence-corrected chi connectivity index (χ1v) is 7.60. The Morgan fingerprint density at radius 2 is 1.77 bits per heavy atom. The maximum absolute atomic E-state index is 6.34. The lowest BCUT2D eigenvalue weighted by Gasteiger charge is -2.13. The second-order valence-corrected chi connectivity index (χ2v) is 5.80. The lowest BCUT2D eigenvalue weighted by molar-refractivity contribution is 0.634. The summed E-state index contributed by atoms with van der Waals surface area (Å²) in [5.41, 5.74) is 9.71. The first-order chi connectivity index (χ1) is 10.6. The van der Waals surface area contributed by atoms with Gasteiger partial charge in [-0.05, 0) is 29.7 Å². The number of halogens is 1. The second kappa shape index (κ2) is 6.34. The molecule has 0 radical (unpaired) electrons. The van der Waals surface area contributed by atoms with Crippen LogP contribution in [0.15, 0.2) is 60.8 Å². The quantitative estimate of drug-likeness (QED) is 0.792. The average Bonchev–Trinajstić information content (AvgIpc) is 2.92. The summed E-state index contributed by atoms with van der Waals surface area (Å²) in [6.07, 6.45) is 2.61. The van der Waals surface area contributed by atoms with Crippen molar-refractivity contribution in [3.8, 4) is 11.3 Å². The molecule has 0 fully saturated rings. The fourth-order valence-electron chi connectivity index (χ4n) is 2.61. The first-order valence-electron chi connectivity index (χ1n) is 7.22. The van der Waals surface area contributed by atoms with Crippen molar-refractivity contribution >= 4 is 11.6 Å². The van der Waals surface area contributed by atoms with Gasteiger partial charge in [-0.25, -0.2) is 4.98 Å². The van der Waals surface area contributed by atoms with E-state index in [9.17, 15) is 0 Å². The van der Waals surface area contributed by atoms with E-state index in [4.69, 9.17) is 17.3 Å². The molecule has 0 bridgehead atoms. The van der Waals surface area contributed by atoms with E-state index in [1.54, 1.807) is 0 Å². The summed E-state index contributed by atoms with van der Waals surface area (Å²) >= 11 is 5.91. The Kier molecular flexibility index (Phi) is 4.27. The summed E-state index contributed by atoms with van der Waals surface area (Å²) in [6.45, 7) is 0. The summed E-state index contributed by atoms with van der Waals surface area (Å²) in [5, 5.41) is 0.737. The fourth-order valence-corrected chi connectivity index (χ4v) is 2.74. The molecule has 2 N–H and O–H groups in total. The highest BCUT2D eigenvalue weighted by Crippen LogP contribution is 2.23. The molecule has 0 aliphatic rings. The minimum atomic E-state index is -0.149. The van der Waals surface area contributed by atoms with Crippen LogP contribution in [0.5, 0.6) is 0 Å². The summed E-state index contributed by atoms with van der Waals surface area (Å²) in [6, 6.07) is 17.8. The van der Waals surface area contributed by atoms with Crippen molar-refractivity contribution in [3.05, 3.63) is 77.2 Å². The van der Waals surface area contributed by atoms with Crippen LogP contribution in [0.3, 0.4) is 0 Å². The van der Waals surface area contributed by atoms with Crippen molar-refractivity contribution in [2.75, 3.05) is 0 Å². The van der Waals surface area contributed by atoms with Crippen molar-refractivity contribution < 1.29 is 0 Å². The monoisotopic (exact) mass is 311 g/mol. The summed E-state index contributed by atoms with van der Waals surface area (Å²) in [5.74, 6) is 0.883. The zero-order valence-electron chi connectivity index (χ0n) is 12.4. The summed E-state index contributed by atoms with van der Waals surface area (Å²) in [4.78, 5) is 4.52. The van der Waals surface area contributed by atoms with E-state index in [0.29, 0.717) is 0 Å². The third-order valence-corrected chi connectivity index (χ3v) is 4.05. The number of hydrogen-bond donors (Lipinski definition) is 1. The van der Waals surface area contributed by atoms with Crippen LogP contribution in [0, 0.1) is 0 Å². The highest BCUT2D eigenvalue weighted by atomic mass is 35.5. The molecule has 4 heteroatoms. The van der Waals surface area contributed by atoms with Crippen molar-refractivity contribution in [2.24, 2.45) is 12.8 Å². The highest BCUT2D eigenvalue weighted by Gasteiger charge is 2.15. The molecule has 3 nitrogen and oxygen atoms in total. The van der Waals surface area contributed by atoms with E-state index in [1.807, 2.05) is 55.7 Å². The van der Waals surface area contributed by atoms with E-state index >= 15 is 0 Å². The number of nitrogens with zero attached hydrogens (tertiary/aromatic N) is 2. The Morgan fingerprint density at radius 1 is 1.09 bits per heavy atom. The number of rotatable bonds is 4. The average molecular weight is 312 g/mol. The Morgan fingerprint density at radius 3 is 2.45 bits per heavy atom. The van der Waals surface area contributed by atoms with Gasteiger partial charge in [-0.15, -0.1) is 0 Å². The smallest absolute Gasteiger partial charge is 0.126 e. The molecule has 2 aromatic carbocycles. The maximum Gasteiger partial charge on any atom is 0.126 e. The van der Waals surface area contributed by atoms with Gasteiger partial charge < -0.3 is 10.3 Å². The standard InChI is InChI=1S/C18H18ClN3/c1-22-17(14-5-3-2-4-6-14)12-21-18(22)16(20)11-13-7-9-15(19)10-8-13/h2-10,12,16H,11,20H2,1H3/t16-/m0/s1. The molecule has 1 heterocycles. The van der Waals surface area contributed by atoms with Crippen LogP contribution in [-0.4, -0.2) is 9.55 Å². The van der Waals surface area contributed by atoms with Crippen LogP contribution in [-0.2, 0) is 13.5 Å². The van der Waals surface area contributed by atoms with E-state index in [1.165, 1.54) is 0 Å². The molecule has 3 rings (SSSR count). The van der Waals surface area contributed by atoms with Crippen LogP contribution in [0.2, 0.25) is 5.02 Å². The zero-order chi connectivity index (χ0) is 15.5. The normalized spacial score (nSPS) is 12.3. The minimum Gasteiger partial charge on any atom is -0.330 e. The van der Waals surface area contributed by atoms with E-state index in [2.05, 4.69) is 21.7 Å². The van der Waals surface area contributed by atoms with E-state index in [0.717, 1.165) is 34.1 Å². The Labute approximate surface area is 135 Å². The van der Waals surface area contributed by atoms with Crippen LogP contribution < -0.4 is 5.73 Å². The number of hydrogen-bond acceptors (Lipinski definition) is 2. The third-order valence-electron chi connectivity index (χ3n) is 3.79. The molecule has 0 spiro atoms. The molecule has 0 amide bonds. The van der Waals surface area contributed by atoms with Gasteiger partial charge >= 0.3 is 0 Å². The van der Waals surface area contributed by atoms with Gasteiger partial charge in [0, 0.05) is 12.1 Å². The van der Waals surface area contributed by atoms with E-state index < -0.39 is 0 Å². The maximum atomic E-state index is 6.34. The topological polar surface area (TPSA) is 43.8 Å². The molecule has 1 atom stereocenters. The predicted molar refractivity (Wildman–Crippen MR) is 90.7 cm³/mol. The molecule has 0 unspecified atom stereocenters. The molecule has 0 saturated carbocycles. The number of aromatic nitrogens is 2. The van der Waals surface area contributed by atoms with Crippen LogP contribution in [0.1, 0.15) is 17.4 Å². The summed E-state index contributed by atoms with van der Waals surface area (Å²) in [7, 11) is 2.01. The van der Waals surface area contributed by atoms with Crippen LogP contribution in [0.4, 0.5) is 0 Å². The van der Waals surface area contributed by atoms with Gasteiger partial charge in [-0.1, -0.05) is 54.1 Å². The predicted octanol–water partition coefficient (Wildman–Crippen LogP) is 3.98. The van der Waals surface area contributed by atoms with Gasteiger partial charge in [0.15, 0.2) is 0 Å². The molecule has 22 heavy (non-hydrogen) atoms. The molecule has 0 aliphatic carbocycles. The molecule has 3 aromatic rings. The van der Waals surface area contributed by atoms with Crippen LogP contribution in [0.25, 0.3) is 11.3 Å². The first kappa shape index (κ1) is 14.8. The minimum absolute atomic E-state index is 0.149. The highest BCUT2D eigenvalue weighted by molar-refractivity contribution is 6.30. The van der Waals surface area contributed by atoms with Crippen molar-refractivity contribution in [3.63, 3.8) is 0 Å². The third kappa shape index (κ3) is 3.06. The van der Waals surface area contributed by atoms with Gasteiger partial charge in [-0.3, -0.25) is 0 Å². The van der Waals surface area contributed by atoms with Gasteiger partial charge in [0.1, 0.15) is 5.82 Å². The molecule has 112 valence electrons. The number of benzene rings is 2. The van der Waals surface area contributed by atoms with Crippen molar-refractivity contribution in [2.45, 2.75) is 12.5 Å². The molecule has 0 aliphatic heterocycles. The zero-order valence-corrected chi connectivity index (χ0v) is 13.2. The number of nitrogens with two attached hydrogens (primary N) is 1. The van der Waals surface area contributed by atoms with Gasteiger partial charge in [0.25, 0.3) is 0 Å². The SMILES string of the molecule is Cn1c(-c2ccccc2)cnc1[C@@H](N)Cc1ccc(Cl)cc1. The van der Waals surface area contributed by atoms with Gasteiger partial charge in [0.2, 0.25) is 0 Å². The van der Waals surface area contributed by atoms with Crippen molar-refractivity contribution in [1.29, 1.82) is 0 Å². The number of imidazole rings is 1. The summed E-state index contributed by atoms with van der Waals surface area (Å²) < 4.78 is 2.07. The molecule has 1 aromatic heterocycles. The molecular weight excluding hydrogens is 294 g/mol. The Balaban J connectivity index is 1.83. The second-order valence-electron chi connectivity index (χ2n) is 5.36. The molecule has 0 saturated heterocycles. The van der Waals surface area contributed by atoms with Crippen molar-refractivity contribution in [1.82, 2.24) is 9.55 Å². The van der Waals surface area contributed by atoms with E-state index in [-0.39, 0.29) is 6.04 Å². The fraction of sp³-hybridized carbons (Fsp3) is 0.167. The lowest BCUT2D eigenvalue weighted by atomic mass is 10.1. The van der Waals surface area contributed by atoms with Gasteiger partial charge in [-0.2, -0.15) is 0 Å². The Hall–Kier alpha value is -2.10. The largest absolute Gasteiger partial charge is 0.330 e.